The molecule has 0 radical (unpaired) electrons. The number of rotatable bonds is 9. The summed E-state index contributed by atoms with van der Waals surface area (Å²) in [4.78, 5) is 37.8. The lowest BCUT2D eigenvalue weighted by Crippen LogP contribution is -2.27. The van der Waals surface area contributed by atoms with Gasteiger partial charge in [-0.05, 0) is 66.2 Å². The third-order valence-electron chi connectivity index (χ3n) is 5.24. The van der Waals surface area contributed by atoms with E-state index in [2.05, 4.69) is 15.9 Å². The van der Waals surface area contributed by atoms with Crippen LogP contribution in [0.25, 0.3) is 6.08 Å². The molecule has 3 aromatic rings. The first-order chi connectivity index (χ1) is 17.4. The van der Waals surface area contributed by atoms with Gasteiger partial charge in [0.05, 0.1) is 28.5 Å². The summed E-state index contributed by atoms with van der Waals surface area (Å²) < 4.78 is 12.4. The highest BCUT2D eigenvalue weighted by Gasteiger charge is 2.35. The molecule has 0 aliphatic carbocycles. The lowest BCUT2D eigenvalue weighted by molar-refractivity contribution is -0.385. The first kappa shape index (κ1) is 25.5. The van der Waals surface area contributed by atoms with Crippen LogP contribution in [0, 0.1) is 10.1 Å². The highest BCUT2D eigenvalue weighted by molar-refractivity contribution is 9.10. The number of hydrogen-bond donors (Lipinski definition) is 0. The van der Waals surface area contributed by atoms with Crippen molar-refractivity contribution in [3.05, 3.63) is 103 Å². The highest BCUT2D eigenvalue weighted by Crippen LogP contribution is 2.36. The Balaban J connectivity index is 1.52. The number of thioether (sulfide) groups is 1. The van der Waals surface area contributed by atoms with E-state index in [-0.39, 0.29) is 30.0 Å². The Labute approximate surface area is 220 Å². The Morgan fingerprint density at radius 3 is 2.58 bits per heavy atom. The lowest BCUT2D eigenvalue weighted by Gasteiger charge is -2.13. The molecule has 3 aromatic carbocycles. The van der Waals surface area contributed by atoms with Crippen molar-refractivity contribution in [1.82, 2.24) is 4.90 Å². The van der Waals surface area contributed by atoms with Gasteiger partial charge in [0.25, 0.3) is 16.8 Å². The molecule has 10 heteroatoms. The van der Waals surface area contributed by atoms with E-state index in [9.17, 15) is 19.7 Å². The maximum absolute atomic E-state index is 12.9. The first-order valence-electron chi connectivity index (χ1n) is 11.0. The van der Waals surface area contributed by atoms with Crippen LogP contribution in [0.2, 0.25) is 0 Å². The summed E-state index contributed by atoms with van der Waals surface area (Å²) in [5, 5.41) is 10.9. The van der Waals surface area contributed by atoms with Crippen molar-refractivity contribution in [2.45, 2.75) is 20.1 Å². The van der Waals surface area contributed by atoms with Crippen LogP contribution in [0.5, 0.6) is 11.5 Å². The number of carbonyl (C=O) groups excluding carboxylic acids is 2. The van der Waals surface area contributed by atoms with Crippen molar-refractivity contribution in [1.29, 1.82) is 0 Å². The number of nitro groups is 1. The third kappa shape index (κ3) is 5.95. The van der Waals surface area contributed by atoms with Gasteiger partial charge in [-0.2, -0.15) is 0 Å². The molecule has 0 N–H and O–H groups in total. The Morgan fingerprint density at radius 2 is 1.83 bits per heavy atom. The van der Waals surface area contributed by atoms with Gasteiger partial charge >= 0.3 is 0 Å². The van der Waals surface area contributed by atoms with Gasteiger partial charge in [-0.25, -0.2) is 0 Å². The fraction of sp³-hybridized carbons (Fsp3) is 0.154. The number of amides is 2. The van der Waals surface area contributed by atoms with Crippen LogP contribution in [0.15, 0.2) is 76.1 Å². The molecule has 1 aliphatic heterocycles. The first-order valence-corrected chi connectivity index (χ1v) is 12.6. The van der Waals surface area contributed by atoms with E-state index < -0.39 is 4.92 Å². The fourth-order valence-electron chi connectivity index (χ4n) is 3.57. The SMILES string of the molecule is CCOc1cc(/C=C2/SC(=O)N(Cc3cccc(Br)c3)C2=O)ccc1OCc1ccccc1[N+](=O)[O-]. The minimum absolute atomic E-state index is 0.00887. The molecule has 1 heterocycles. The molecule has 0 aromatic heterocycles. The zero-order valence-electron chi connectivity index (χ0n) is 19.2. The maximum atomic E-state index is 12.9. The van der Waals surface area contributed by atoms with E-state index in [1.807, 2.05) is 31.2 Å². The molecule has 184 valence electrons. The normalized spacial score (nSPS) is 14.4. The van der Waals surface area contributed by atoms with Crippen LogP contribution < -0.4 is 9.47 Å². The zero-order chi connectivity index (χ0) is 25.7. The molecule has 0 bridgehead atoms. The van der Waals surface area contributed by atoms with Gasteiger partial charge < -0.3 is 9.47 Å². The summed E-state index contributed by atoms with van der Waals surface area (Å²) in [6.07, 6.45) is 1.64. The molecule has 0 unspecified atom stereocenters. The van der Waals surface area contributed by atoms with E-state index in [0.29, 0.717) is 34.1 Å². The largest absolute Gasteiger partial charge is 0.490 e. The summed E-state index contributed by atoms with van der Waals surface area (Å²) in [5.74, 6) is 0.479. The van der Waals surface area contributed by atoms with Crippen LogP contribution in [-0.4, -0.2) is 27.6 Å². The summed E-state index contributed by atoms with van der Waals surface area (Å²) in [7, 11) is 0. The zero-order valence-corrected chi connectivity index (χ0v) is 21.6. The molecule has 1 saturated heterocycles. The smallest absolute Gasteiger partial charge is 0.293 e. The van der Waals surface area contributed by atoms with Gasteiger partial charge in [-0.1, -0.05) is 46.3 Å². The number of para-hydroxylation sites is 1. The number of nitrogens with zero attached hydrogens (tertiary/aromatic N) is 2. The van der Waals surface area contributed by atoms with Gasteiger partial charge in [0.1, 0.15) is 6.61 Å². The maximum Gasteiger partial charge on any atom is 0.293 e. The Bertz CT molecular complexity index is 1360. The minimum Gasteiger partial charge on any atom is -0.490 e. The number of benzene rings is 3. The van der Waals surface area contributed by atoms with Gasteiger partial charge in [-0.3, -0.25) is 24.6 Å². The number of carbonyl (C=O) groups is 2. The summed E-state index contributed by atoms with van der Waals surface area (Å²) >= 11 is 4.29. The quantitative estimate of drug-likeness (QED) is 0.163. The third-order valence-corrected chi connectivity index (χ3v) is 6.64. The van der Waals surface area contributed by atoms with Crippen LogP contribution >= 0.6 is 27.7 Å². The van der Waals surface area contributed by atoms with E-state index in [0.717, 1.165) is 21.8 Å². The summed E-state index contributed by atoms with van der Waals surface area (Å²) in [6, 6.07) is 18.9. The Hall–Kier alpha value is -3.63. The number of imide groups is 1. The molecule has 2 amide bonds. The number of ether oxygens (including phenoxy) is 2. The van der Waals surface area contributed by atoms with Crippen molar-refractivity contribution in [2.24, 2.45) is 0 Å². The molecule has 0 atom stereocenters. The van der Waals surface area contributed by atoms with Crippen LogP contribution in [-0.2, 0) is 17.9 Å². The highest BCUT2D eigenvalue weighted by atomic mass is 79.9. The van der Waals surface area contributed by atoms with E-state index in [1.165, 1.54) is 11.0 Å². The second kappa shape index (κ2) is 11.4. The molecule has 1 aliphatic rings. The minimum atomic E-state index is -0.449. The summed E-state index contributed by atoms with van der Waals surface area (Å²) in [6.45, 7) is 2.37. The van der Waals surface area contributed by atoms with Crippen molar-refractivity contribution in [3.63, 3.8) is 0 Å². The van der Waals surface area contributed by atoms with Crippen molar-refractivity contribution in [2.75, 3.05) is 6.61 Å². The summed E-state index contributed by atoms with van der Waals surface area (Å²) in [5.41, 5.74) is 1.91. The average molecular weight is 569 g/mol. The predicted octanol–water partition coefficient (Wildman–Crippen LogP) is 6.57. The number of nitro benzene ring substituents is 1. The van der Waals surface area contributed by atoms with Crippen LogP contribution in [0.1, 0.15) is 23.6 Å². The Kier molecular flexibility index (Phi) is 8.07. The van der Waals surface area contributed by atoms with E-state index in [4.69, 9.17) is 9.47 Å². The second-order valence-corrected chi connectivity index (χ2v) is 9.62. The predicted molar refractivity (Wildman–Crippen MR) is 141 cm³/mol. The van der Waals surface area contributed by atoms with Crippen molar-refractivity contribution >= 4 is 50.6 Å². The standard InChI is InChI=1S/C26H21BrN2O6S/c1-2-34-23-13-17(10-11-22(23)35-16-19-7-3-4-9-21(19)29(32)33)14-24-25(30)28(26(31)36-24)15-18-6-5-8-20(27)12-18/h3-14H,2,15-16H2,1H3/b24-14+. The Morgan fingerprint density at radius 1 is 1.03 bits per heavy atom. The molecule has 4 rings (SSSR count). The molecule has 1 fully saturated rings. The van der Waals surface area contributed by atoms with E-state index in [1.54, 1.807) is 42.5 Å². The van der Waals surface area contributed by atoms with Gasteiger partial charge in [0.2, 0.25) is 0 Å². The van der Waals surface area contributed by atoms with Gasteiger partial charge in [0.15, 0.2) is 11.5 Å². The van der Waals surface area contributed by atoms with Crippen molar-refractivity contribution < 1.29 is 24.0 Å². The molecular weight excluding hydrogens is 548 g/mol. The fourth-order valence-corrected chi connectivity index (χ4v) is 4.86. The van der Waals surface area contributed by atoms with Gasteiger partial charge in [0, 0.05) is 10.5 Å². The van der Waals surface area contributed by atoms with Gasteiger partial charge in [-0.15, -0.1) is 0 Å². The second-order valence-electron chi connectivity index (χ2n) is 7.71. The number of hydrogen-bond acceptors (Lipinski definition) is 7. The molecule has 0 spiro atoms. The number of halogens is 1. The topological polar surface area (TPSA) is 99.0 Å². The molecular formula is C26H21BrN2O6S. The van der Waals surface area contributed by atoms with Crippen molar-refractivity contribution in [3.8, 4) is 11.5 Å². The van der Waals surface area contributed by atoms with Crippen LogP contribution in [0.4, 0.5) is 10.5 Å². The van der Waals surface area contributed by atoms with E-state index >= 15 is 0 Å². The molecule has 8 nitrogen and oxygen atoms in total. The monoisotopic (exact) mass is 568 g/mol. The molecule has 0 saturated carbocycles. The average Bonchev–Trinajstić information content (AvgIpc) is 3.11. The van der Waals surface area contributed by atoms with Crippen LogP contribution in [0.3, 0.4) is 0 Å². The molecule has 36 heavy (non-hydrogen) atoms. The lowest BCUT2D eigenvalue weighted by atomic mass is 10.1.